The molecule has 3 rings (SSSR count). The molecule has 1 heterocycles. The minimum atomic E-state index is -0.647. The van der Waals surface area contributed by atoms with Gasteiger partial charge in [-0.05, 0) is 49.7 Å². The third kappa shape index (κ3) is 3.68. The van der Waals surface area contributed by atoms with Crippen LogP contribution in [-0.2, 0) is 4.74 Å². The van der Waals surface area contributed by atoms with E-state index in [-0.39, 0.29) is 5.89 Å². The topological polar surface area (TPSA) is 74.5 Å². The molecule has 1 atom stereocenters. The summed E-state index contributed by atoms with van der Waals surface area (Å²) < 4.78 is 16.2. The van der Waals surface area contributed by atoms with Gasteiger partial charge in [-0.15, -0.1) is 10.2 Å². The van der Waals surface area contributed by atoms with Gasteiger partial charge in [-0.25, -0.2) is 4.79 Å². The maximum atomic E-state index is 12.3. The van der Waals surface area contributed by atoms with Crippen LogP contribution in [0, 0.1) is 6.92 Å². The molecule has 128 valence electrons. The Morgan fingerprint density at radius 3 is 2.48 bits per heavy atom. The van der Waals surface area contributed by atoms with Crippen molar-refractivity contribution in [1.29, 1.82) is 0 Å². The number of hydrogen-bond acceptors (Lipinski definition) is 6. The normalized spacial score (nSPS) is 11.8. The molecule has 0 aliphatic rings. The maximum absolute atomic E-state index is 12.3. The first-order valence-corrected chi connectivity index (χ1v) is 7.83. The lowest BCUT2D eigenvalue weighted by molar-refractivity contribution is 0.0279. The number of rotatable bonds is 5. The van der Waals surface area contributed by atoms with Gasteiger partial charge in [0.15, 0.2) is 6.10 Å². The molecule has 0 unspecified atom stereocenters. The summed E-state index contributed by atoms with van der Waals surface area (Å²) in [6.07, 6.45) is -0.647. The summed E-state index contributed by atoms with van der Waals surface area (Å²) in [5.41, 5.74) is 2.13. The van der Waals surface area contributed by atoms with E-state index in [1.807, 2.05) is 31.2 Å². The van der Waals surface area contributed by atoms with Crippen molar-refractivity contribution in [2.24, 2.45) is 0 Å². The van der Waals surface area contributed by atoms with Crippen molar-refractivity contribution in [1.82, 2.24) is 10.2 Å². The highest BCUT2D eigenvalue weighted by atomic mass is 16.6. The highest BCUT2D eigenvalue weighted by Gasteiger charge is 2.20. The van der Waals surface area contributed by atoms with Crippen LogP contribution in [0.2, 0.25) is 0 Å². The third-order valence-corrected chi connectivity index (χ3v) is 3.77. The van der Waals surface area contributed by atoms with Crippen molar-refractivity contribution in [2.75, 3.05) is 7.11 Å². The molecule has 6 heteroatoms. The average molecular weight is 338 g/mol. The predicted molar refractivity (Wildman–Crippen MR) is 91.3 cm³/mol. The number of benzene rings is 2. The molecule has 0 aliphatic heterocycles. The van der Waals surface area contributed by atoms with Crippen LogP contribution in [0.15, 0.2) is 52.9 Å². The number of aromatic nitrogens is 2. The lowest BCUT2D eigenvalue weighted by Gasteiger charge is -2.10. The van der Waals surface area contributed by atoms with Crippen LogP contribution in [0.1, 0.15) is 34.8 Å². The van der Waals surface area contributed by atoms with Crippen LogP contribution in [-0.4, -0.2) is 23.3 Å². The Kier molecular flexibility index (Phi) is 4.79. The van der Waals surface area contributed by atoms with E-state index < -0.39 is 12.1 Å². The van der Waals surface area contributed by atoms with E-state index in [0.29, 0.717) is 11.5 Å². The Bertz CT molecular complexity index is 871. The van der Waals surface area contributed by atoms with Crippen molar-refractivity contribution >= 4 is 5.97 Å². The van der Waals surface area contributed by atoms with Gasteiger partial charge >= 0.3 is 5.97 Å². The molecular formula is C19H18N2O4. The first-order chi connectivity index (χ1) is 12.1. The van der Waals surface area contributed by atoms with Crippen molar-refractivity contribution in [3.05, 3.63) is 65.5 Å². The van der Waals surface area contributed by atoms with Crippen LogP contribution < -0.4 is 4.74 Å². The summed E-state index contributed by atoms with van der Waals surface area (Å²) in [4.78, 5) is 12.3. The van der Waals surface area contributed by atoms with Gasteiger partial charge in [-0.2, -0.15) is 0 Å². The number of methoxy groups -OCH3 is 1. The molecular weight excluding hydrogens is 320 g/mol. The fourth-order valence-corrected chi connectivity index (χ4v) is 2.33. The van der Waals surface area contributed by atoms with Gasteiger partial charge in [-0.1, -0.05) is 18.2 Å². The molecule has 0 aliphatic carbocycles. The van der Waals surface area contributed by atoms with E-state index in [2.05, 4.69) is 10.2 Å². The molecule has 0 bridgehead atoms. The molecule has 0 spiro atoms. The molecule has 0 N–H and O–H groups in total. The van der Waals surface area contributed by atoms with Gasteiger partial charge in [0.25, 0.3) is 5.89 Å². The number of carbonyl (C=O) groups excluding carboxylic acids is 1. The monoisotopic (exact) mass is 338 g/mol. The number of esters is 1. The standard InChI is InChI=1S/C19H18N2O4/c1-12-6-4-5-7-16(12)19(22)24-13(2)17-20-21-18(25-17)14-8-10-15(23-3)11-9-14/h4-11,13H,1-3H3/t13-/m0/s1. The average Bonchev–Trinajstić information content (AvgIpc) is 3.12. The predicted octanol–water partition coefficient (Wildman–Crippen LogP) is 3.97. The van der Waals surface area contributed by atoms with Gasteiger partial charge < -0.3 is 13.9 Å². The van der Waals surface area contributed by atoms with E-state index in [4.69, 9.17) is 13.9 Å². The molecule has 6 nitrogen and oxygen atoms in total. The minimum Gasteiger partial charge on any atom is -0.497 e. The smallest absolute Gasteiger partial charge is 0.339 e. The zero-order chi connectivity index (χ0) is 17.8. The summed E-state index contributed by atoms with van der Waals surface area (Å²) in [5, 5.41) is 7.99. The van der Waals surface area contributed by atoms with Crippen LogP contribution in [0.3, 0.4) is 0 Å². The zero-order valence-electron chi connectivity index (χ0n) is 14.2. The van der Waals surface area contributed by atoms with Crippen molar-refractivity contribution in [3.63, 3.8) is 0 Å². The highest BCUT2D eigenvalue weighted by Crippen LogP contribution is 2.25. The van der Waals surface area contributed by atoms with Gasteiger partial charge in [0.05, 0.1) is 12.7 Å². The summed E-state index contributed by atoms with van der Waals surface area (Å²) >= 11 is 0. The molecule has 0 fully saturated rings. The van der Waals surface area contributed by atoms with Gasteiger partial charge in [0.1, 0.15) is 5.75 Å². The van der Waals surface area contributed by atoms with E-state index >= 15 is 0 Å². The molecule has 3 aromatic rings. The second-order valence-electron chi connectivity index (χ2n) is 5.54. The van der Waals surface area contributed by atoms with E-state index in [9.17, 15) is 4.79 Å². The largest absolute Gasteiger partial charge is 0.497 e. The van der Waals surface area contributed by atoms with E-state index in [0.717, 1.165) is 16.9 Å². The Labute approximate surface area is 145 Å². The van der Waals surface area contributed by atoms with Crippen LogP contribution in [0.25, 0.3) is 11.5 Å². The lowest BCUT2D eigenvalue weighted by atomic mass is 10.1. The van der Waals surface area contributed by atoms with Crippen LogP contribution in [0.5, 0.6) is 5.75 Å². The summed E-state index contributed by atoms with van der Waals surface area (Å²) in [6.45, 7) is 3.55. The zero-order valence-corrected chi connectivity index (χ0v) is 14.2. The van der Waals surface area contributed by atoms with Crippen LogP contribution in [0.4, 0.5) is 0 Å². The Balaban J connectivity index is 1.73. The summed E-state index contributed by atoms with van der Waals surface area (Å²) in [5.74, 6) is 0.919. The van der Waals surface area contributed by atoms with Gasteiger partial charge in [0.2, 0.25) is 5.89 Å². The fraction of sp³-hybridized carbons (Fsp3) is 0.211. The molecule has 0 saturated heterocycles. The molecule has 25 heavy (non-hydrogen) atoms. The minimum absolute atomic E-state index is 0.243. The second kappa shape index (κ2) is 7.17. The van der Waals surface area contributed by atoms with Crippen molar-refractivity contribution in [2.45, 2.75) is 20.0 Å². The fourth-order valence-electron chi connectivity index (χ4n) is 2.33. The molecule has 0 amide bonds. The quantitative estimate of drug-likeness (QED) is 0.655. The maximum Gasteiger partial charge on any atom is 0.339 e. The summed E-state index contributed by atoms with van der Waals surface area (Å²) in [7, 11) is 1.60. The third-order valence-electron chi connectivity index (χ3n) is 3.77. The Morgan fingerprint density at radius 2 is 1.80 bits per heavy atom. The van der Waals surface area contributed by atoms with Crippen molar-refractivity contribution in [3.8, 4) is 17.2 Å². The molecule has 2 aromatic carbocycles. The second-order valence-corrected chi connectivity index (χ2v) is 5.54. The summed E-state index contributed by atoms with van der Waals surface area (Å²) in [6, 6.07) is 14.5. The van der Waals surface area contributed by atoms with Gasteiger partial charge in [0, 0.05) is 5.56 Å². The molecule has 0 radical (unpaired) electrons. The Morgan fingerprint density at radius 1 is 1.08 bits per heavy atom. The first-order valence-electron chi connectivity index (χ1n) is 7.83. The molecule has 1 aromatic heterocycles. The van der Waals surface area contributed by atoms with Crippen molar-refractivity contribution < 1.29 is 18.7 Å². The SMILES string of the molecule is COc1ccc(-c2nnc([C@H](C)OC(=O)c3ccccc3C)o2)cc1. The van der Waals surface area contributed by atoms with Gasteiger partial charge in [-0.3, -0.25) is 0 Å². The Hall–Kier alpha value is -3.15. The lowest BCUT2D eigenvalue weighted by Crippen LogP contribution is -2.10. The van der Waals surface area contributed by atoms with E-state index in [1.165, 1.54) is 0 Å². The number of carbonyl (C=O) groups is 1. The first kappa shape index (κ1) is 16.7. The number of hydrogen-bond donors (Lipinski definition) is 0. The number of aryl methyl sites for hydroxylation is 1. The van der Waals surface area contributed by atoms with E-state index in [1.54, 1.807) is 38.3 Å². The number of nitrogens with zero attached hydrogens (tertiary/aromatic N) is 2. The van der Waals surface area contributed by atoms with Crippen LogP contribution >= 0.6 is 0 Å². The highest BCUT2D eigenvalue weighted by molar-refractivity contribution is 5.91. The molecule has 0 saturated carbocycles. The number of ether oxygens (including phenoxy) is 2.